The second-order valence-corrected chi connectivity index (χ2v) is 3.46. The lowest BCUT2D eigenvalue weighted by Gasteiger charge is -2.17. The lowest BCUT2D eigenvalue weighted by molar-refractivity contribution is 0.00630. The van der Waals surface area contributed by atoms with Gasteiger partial charge >= 0.3 is 12.3 Å². The van der Waals surface area contributed by atoms with Crippen LogP contribution in [0.2, 0.25) is 0 Å². The molecule has 0 saturated carbocycles. The van der Waals surface area contributed by atoms with Gasteiger partial charge in [-0.1, -0.05) is 0 Å². The smallest absolute Gasteiger partial charge is 0.435 e. The highest BCUT2D eigenvalue weighted by Gasteiger charge is 2.13. The maximum absolute atomic E-state index is 11.0. The van der Waals surface area contributed by atoms with Crippen LogP contribution in [0.5, 0.6) is 0 Å². The Bertz CT molecular complexity index is 232. The monoisotopic (exact) mass is 263 g/mol. The second kappa shape index (κ2) is 9.52. The van der Waals surface area contributed by atoms with E-state index >= 15 is 0 Å². The zero-order valence-corrected chi connectivity index (χ0v) is 11.2. The zero-order chi connectivity index (χ0) is 14.0. The average Bonchev–Trinajstić information content (AvgIpc) is 2.27. The van der Waals surface area contributed by atoms with Crippen molar-refractivity contribution in [3.63, 3.8) is 0 Å². The fourth-order valence-electron chi connectivity index (χ4n) is 1.03. The van der Waals surface area contributed by atoms with Gasteiger partial charge in [-0.05, 0) is 27.7 Å². The molecule has 0 aliphatic heterocycles. The van der Waals surface area contributed by atoms with Crippen LogP contribution in [0.4, 0.5) is 9.59 Å². The van der Waals surface area contributed by atoms with Gasteiger partial charge in [-0.3, -0.25) is 5.32 Å². The van der Waals surface area contributed by atoms with Crippen LogP contribution >= 0.6 is 0 Å². The minimum Gasteiger partial charge on any atom is -0.435 e. The molecule has 0 aromatic rings. The van der Waals surface area contributed by atoms with Gasteiger partial charge in [0.15, 0.2) is 6.23 Å². The number of carbonyl (C=O) groups excluding carboxylic acids is 2. The van der Waals surface area contributed by atoms with Crippen LogP contribution in [-0.4, -0.2) is 44.4 Å². The van der Waals surface area contributed by atoms with Gasteiger partial charge in [0.2, 0.25) is 0 Å². The number of hydrogen-bond donors (Lipinski definition) is 1. The molecule has 106 valence electrons. The molecule has 2 unspecified atom stereocenters. The molecule has 0 radical (unpaired) electrons. The van der Waals surface area contributed by atoms with Gasteiger partial charge in [-0.15, -0.1) is 0 Å². The first kappa shape index (κ1) is 16.5. The maximum Gasteiger partial charge on any atom is 0.509 e. The summed E-state index contributed by atoms with van der Waals surface area (Å²) in [6.07, 6.45) is -2.38. The molecule has 18 heavy (non-hydrogen) atoms. The molecule has 1 N–H and O–H groups in total. The summed E-state index contributed by atoms with van der Waals surface area (Å²) in [6, 6.07) is 0. The molecule has 7 nitrogen and oxygen atoms in total. The quantitative estimate of drug-likeness (QED) is 0.552. The summed E-state index contributed by atoms with van der Waals surface area (Å²) in [4.78, 5) is 22.0. The Morgan fingerprint density at radius 2 is 1.50 bits per heavy atom. The minimum atomic E-state index is -0.739. The van der Waals surface area contributed by atoms with E-state index in [0.717, 1.165) is 0 Å². The first-order valence-corrected chi connectivity index (χ1v) is 5.89. The van der Waals surface area contributed by atoms with Crippen LogP contribution in [0.1, 0.15) is 27.7 Å². The van der Waals surface area contributed by atoms with E-state index in [1.165, 1.54) is 0 Å². The van der Waals surface area contributed by atoms with Crippen molar-refractivity contribution in [1.29, 1.82) is 0 Å². The third-order valence-electron chi connectivity index (χ3n) is 1.79. The predicted molar refractivity (Wildman–Crippen MR) is 63.1 cm³/mol. The molecule has 0 saturated heterocycles. The molecule has 0 aromatic heterocycles. The number of carbonyl (C=O) groups is 2. The molecular weight excluding hydrogens is 242 g/mol. The molecule has 0 spiro atoms. The lowest BCUT2D eigenvalue weighted by atomic mass is 10.4. The van der Waals surface area contributed by atoms with Crippen molar-refractivity contribution >= 4 is 12.3 Å². The van der Waals surface area contributed by atoms with E-state index in [-0.39, 0.29) is 13.2 Å². The fourth-order valence-corrected chi connectivity index (χ4v) is 1.03. The zero-order valence-electron chi connectivity index (χ0n) is 11.2. The van der Waals surface area contributed by atoms with Gasteiger partial charge in [0.25, 0.3) is 0 Å². The summed E-state index contributed by atoms with van der Waals surface area (Å²) < 4.78 is 19.0. The largest absolute Gasteiger partial charge is 0.509 e. The van der Waals surface area contributed by atoms with Crippen molar-refractivity contribution in [2.75, 3.05) is 19.8 Å². The first-order valence-electron chi connectivity index (χ1n) is 5.89. The first-order chi connectivity index (χ1) is 8.49. The topological polar surface area (TPSA) is 83.1 Å². The molecule has 0 amide bonds. The number of rotatable bonds is 7. The van der Waals surface area contributed by atoms with E-state index in [2.05, 4.69) is 14.8 Å². The third kappa shape index (κ3) is 8.63. The van der Waals surface area contributed by atoms with E-state index in [9.17, 15) is 9.59 Å². The van der Waals surface area contributed by atoms with Crippen molar-refractivity contribution < 1.29 is 28.5 Å². The molecule has 0 bridgehead atoms. The third-order valence-corrected chi connectivity index (χ3v) is 1.79. The summed E-state index contributed by atoms with van der Waals surface area (Å²) in [6.45, 7) is 7.58. The summed E-state index contributed by atoms with van der Waals surface area (Å²) in [7, 11) is 0. The Hall–Kier alpha value is -1.50. The Balaban J connectivity index is 3.73. The van der Waals surface area contributed by atoms with Gasteiger partial charge in [0.05, 0.1) is 13.2 Å². The van der Waals surface area contributed by atoms with E-state index in [1.54, 1.807) is 27.7 Å². The van der Waals surface area contributed by atoms with E-state index in [0.29, 0.717) is 6.54 Å². The molecule has 0 heterocycles. The van der Waals surface area contributed by atoms with E-state index in [4.69, 9.17) is 9.47 Å². The highest BCUT2D eigenvalue weighted by Crippen LogP contribution is 1.96. The maximum atomic E-state index is 11.0. The van der Waals surface area contributed by atoms with Gasteiger partial charge in [0, 0.05) is 6.54 Å². The normalized spacial score (nSPS) is 13.3. The molecule has 0 fully saturated rings. The van der Waals surface area contributed by atoms with Crippen molar-refractivity contribution in [3.05, 3.63) is 0 Å². The average molecular weight is 263 g/mol. The molecule has 0 aromatic carbocycles. The van der Waals surface area contributed by atoms with Crippen LogP contribution in [0.15, 0.2) is 0 Å². The number of nitrogens with one attached hydrogen (secondary N) is 1. The van der Waals surface area contributed by atoms with Crippen LogP contribution in [0.25, 0.3) is 0 Å². The Kier molecular flexibility index (Phi) is 8.73. The standard InChI is InChI=1S/C11H21NO6/c1-5-15-10(13)17-8(3)7-12-9(4)18-11(14)16-6-2/h8-9,12H,5-7H2,1-4H3. The highest BCUT2D eigenvalue weighted by atomic mass is 16.7. The van der Waals surface area contributed by atoms with Gasteiger partial charge < -0.3 is 18.9 Å². The highest BCUT2D eigenvalue weighted by molar-refractivity contribution is 5.60. The Morgan fingerprint density at radius 1 is 1.00 bits per heavy atom. The van der Waals surface area contributed by atoms with Gasteiger partial charge in [-0.2, -0.15) is 0 Å². The lowest BCUT2D eigenvalue weighted by Crippen LogP contribution is -2.37. The van der Waals surface area contributed by atoms with Gasteiger partial charge in [-0.25, -0.2) is 9.59 Å². The molecule has 0 rings (SSSR count). The van der Waals surface area contributed by atoms with Crippen molar-refractivity contribution in [3.8, 4) is 0 Å². The molecule has 7 heteroatoms. The van der Waals surface area contributed by atoms with Crippen molar-refractivity contribution in [1.82, 2.24) is 5.32 Å². The molecule has 0 aliphatic carbocycles. The van der Waals surface area contributed by atoms with Crippen LogP contribution in [0, 0.1) is 0 Å². The number of ether oxygens (including phenoxy) is 4. The van der Waals surface area contributed by atoms with Crippen LogP contribution in [-0.2, 0) is 18.9 Å². The van der Waals surface area contributed by atoms with E-state index < -0.39 is 24.6 Å². The summed E-state index contributed by atoms with van der Waals surface area (Å²) in [5.41, 5.74) is 0. The predicted octanol–water partition coefficient (Wildman–Crippen LogP) is 1.66. The van der Waals surface area contributed by atoms with Gasteiger partial charge in [0.1, 0.15) is 6.10 Å². The molecule has 0 aliphatic rings. The Labute approximate surface area is 107 Å². The molecule has 2 atom stereocenters. The minimum absolute atomic E-state index is 0.258. The van der Waals surface area contributed by atoms with Crippen molar-refractivity contribution in [2.45, 2.75) is 40.0 Å². The molecular formula is C11H21NO6. The summed E-state index contributed by atoms with van der Waals surface area (Å²) >= 11 is 0. The number of hydrogen-bond acceptors (Lipinski definition) is 7. The summed E-state index contributed by atoms with van der Waals surface area (Å²) in [5.74, 6) is 0. The SMILES string of the molecule is CCOC(=O)OC(C)CNC(C)OC(=O)OCC. The fraction of sp³-hybridized carbons (Fsp3) is 0.818. The second-order valence-electron chi connectivity index (χ2n) is 3.46. The summed E-state index contributed by atoms with van der Waals surface area (Å²) in [5, 5.41) is 2.86. The van der Waals surface area contributed by atoms with Crippen molar-refractivity contribution in [2.24, 2.45) is 0 Å². The van der Waals surface area contributed by atoms with Crippen LogP contribution in [0.3, 0.4) is 0 Å². The van der Waals surface area contributed by atoms with E-state index in [1.807, 2.05) is 0 Å². The van der Waals surface area contributed by atoms with Crippen LogP contribution < -0.4 is 5.32 Å². The Morgan fingerprint density at radius 3 is 2.00 bits per heavy atom.